The molecule has 19 heavy (non-hydrogen) atoms. The van der Waals surface area contributed by atoms with Crippen molar-refractivity contribution in [3.8, 4) is 0 Å². The first-order valence-corrected chi connectivity index (χ1v) is 6.32. The van der Waals surface area contributed by atoms with Crippen molar-refractivity contribution in [3.05, 3.63) is 29.6 Å². The van der Waals surface area contributed by atoms with Gasteiger partial charge in [-0.25, -0.2) is 4.39 Å². The Hall–Kier alpha value is -1.62. The zero-order valence-corrected chi connectivity index (χ0v) is 11.6. The molecule has 106 valence electrons. The molecule has 1 atom stereocenters. The lowest BCUT2D eigenvalue weighted by Crippen LogP contribution is -2.37. The van der Waals surface area contributed by atoms with Crippen LogP contribution in [0.15, 0.2) is 18.2 Å². The molecule has 0 aliphatic heterocycles. The third-order valence-electron chi connectivity index (χ3n) is 2.72. The molecule has 1 amide bonds. The van der Waals surface area contributed by atoms with E-state index in [1.165, 1.54) is 6.07 Å². The molecule has 1 aromatic rings. The van der Waals surface area contributed by atoms with E-state index < -0.39 is 17.8 Å². The van der Waals surface area contributed by atoms with Crippen molar-refractivity contribution in [2.75, 3.05) is 18.0 Å². The lowest BCUT2D eigenvalue weighted by atomic mass is 10.1. The summed E-state index contributed by atoms with van der Waals surface area (Å²) in [5.74, 6) is -0.749. The minimum absolute atomic E-state index is 0.0706. The van der Waals surface area contributed by atoms with Crippen molar-refractivity contribution in [1.82, 2.24) is 0 Å². The second-order valence-electron chi connectivity index (χ2n) is 5.09. The number of halogens is 1. The summed E-state index contributed by atoms with van der Waals surface area (Å²) >= 11 is 0. The third kappa shape index (κ3) is 4.21. The third-order valence-corrected chi connectivity index (χ3v) is 2.72. The number of hydrogen-bond donors (Lipinski definition) is 2. The molecule has 0 saturated carbocycles. The van der Waals surface area contributed by atoms with Crippen LogP contribution in [-0.4, -0.2) is 24.1 Å². The van der Waals surface area contributed by atoms with E-state index in [-0.39, 0.29) is 18.2 Å². The second kappa shape index (κ2) is 6.52. The van der Waals surface area contributed by atoms with Gasteiger partial charge in [-0.05, 0) is 18.9 Å². The standard InChI is InChI=1S/C14H21FN2O2/c1-9(2)7-17(8-13(16)19)14-11(10(3)18)5-4-6-12(14)15/h4-6,9-10,18H,7-8H2,1-3H3,(H2,16,19). The Kier molecular flexibility index (Phi) is 5.30. The number of benzene rings is 1. The van der Waals surface area contributed by atoms with Gasteiger partial charge in [-0.15, -0.1) is 0 Å². The Morgan fingerprint density at radius 1 is 1.42 bits per heavy atom. The summed E-state index contributed by atoms with van der Waals surface area (Å²) < 4.78 is 14.1. The van der Waals surface area contributed by atoms with Gasteiger partial charge in [-0.1, -0.05) is 26.0 Å². The van der Waals surface area contributed by atoms with Crippen LogP contribution >= 0.6 is 0 Å². The molecule has 0 spiro atoms. The van der Waals surface area contributed by atoms with E-state index in [9.17, 15) is 14.3 Å². The van der Waals surface area contributed by atoms with Crippen LogP contribution in [0, 0.1) is 11.7 Å². The van der Waals surface area contributed by atoms with Crippen LogP contribution in [0.5, 0.6) is 0 Å². The lowest BCUT2D eigenvalue weighted by molar-refractivity contribution is -0.116. The minimum Gasteiger partial charge on any atom is -0.389 e. The molecule has 1 unspecified atom stereocenters. The molecular weight excluding hydrogens is 247 g/mol. The van der Waals surface area contributed by atoms with Crippen molar-refractivity contribution < 1.29 is 14.3 Å². The summed E-state index contributed by atoms with van der Waals surface area (Å²) in [5, 5.41) is 9.74. The van der Waals surface area contributed by atoms with Gasteiger partial charge in [0.25, 0.3) is 0 Å². The number of anilines is 1. The maximum Gasteiger partial charge on any atom is 0.236 e. The average Bonchev–Trinajstić information content (AvgIpc) is 2.26. The largest absolute Gasteiger partial charge is 0.389 e. The number of aliphatic hydroxyl groups excluding tert-OH is 1. The molecule has 0 radical (unpaired) electrons. The first kappa shape index (κ1) is 15.4. The fourth-order valence-corrected chi connectivity index (χ4v) is 2.07. The predicted octanol–water partition coefficient (Wildman–Crippen LogP) is 1.83. The lowest BCUT2D eigenvalue weighted by Gasteiger charge is -2.28. The number of rotatable bonds is 6. The second-order valence-corrected chi connectivity index (χ2v) is 5.09. The van der Waals surface area contributed by atoms with Gasteiger partial charge in [-0.2, -0.15) is 0 Å². The maximum absolute atomic E-state index is 14.1. The molecule has 0 aliphatic carbocycles. The molecule has 0 fully saturated rings. The summed E-state index contributed by atoms with van der Waals surface area (Å²) in [6, 6.07) is 4.51. The Labute approximate surface area is 113 Å². The van der Waals surface area contributed by atoms with Crippen molar-refractivity contribution in [3.63, 3.8) is 0 Å². The smallest absolute Gasteiger partial charge is 0.236 e. The van der Waals surface area contributed by atoms with E-state index in [0.717, 1.165) is 0 Å². The van der Waals surface area contributed by atoms with Gasteiger partial charge in [0.15, 0.2) is 0 Å². The molecule has 1 aromatic carbocycles. The molecule has 4 nitrogen and oxygen atoms in total. The van der Waals surface area contributed by atoms with Gasteiger partial charge in [0.2, 0.25) is 5.91 Å². The van der Waals surface area contributed by atoms with Gasteiger partial charge in [-0.3, -0.25) is 4.79 Å². The van der Waals surface area contributed by atoms with Crippen molar-refractivity contribution in [2.45, 2.75) is 26.9 Å². The van der Waals surface area contributed by atoms with Gasteiger partial charge < -0.3 is 15.7 Å². The number of aliphatic hydroxyl groups is 1. The molecule has 0 aromatic heterocycles. The molecule has 3 N–H and O–H groups in total. The maximum atomic E-state index is 14.1. The number of carbonyl (C=O) groups is 1. The van der Waals surface area contributed by atoms with Crippen LogP contribution in [0.2, 0.25) is 0 Å². The summed E-state index contributed by atoms with van der Waals surface area (Å²) in [7, 11) is 0. The highest BCUT2D eigenvalue weighted by molar-refractivity contribution is 5.80. The monoisotopic (exact) mass is 268 g/mol. The summed E-state index contributed by atoms with van der Waals surface area (Å²) in [5.41, 5.74) is 5.93. The van der Waals surface area contributed by atoms with Crippen LogP contribution < -0.4 is 10.6 Å². The van der Waals surface area contributed by atoms with Crippen LogP contribution in [0.3, 0.4) is 0 Å². The quantitative estimate of drug-likeness (QED) is 0.827. The number of nitrogens with two attached hydrogens (primary N) is 1. The highest BCUT2D eigenvalue weighted by Gasteiger charge is 2.20. The number of nitrogens with zero attached hydrogens (tertiary/aromatic N) is 1. The summed E-state index contributed by atoms with van der Waals surface area (Å²) in [6.07, 6.45) is -0.812. The van der Waals surface area contributed by atoms with Crippen molar-refractivity contribution >= 4 is 11.6 Å². The Balaban J connectivity index is 3.23. The molecule has 0 saturated heterocycles. The summed E-state index contributed by atoms with van der Waals surface area (Å²) in [6.45, 7) is 5.92. The topological polar surface area (TPSA) is 66.6 Å². The SMILES string of the molecule is CC(C)CN(CC(N)=O)c1c(F)cccc1C(C)O. The minimum atomic E-state index is -0.812. The first-order chi connectivity index (χ1) is 8.82. The Bertz CT molecular complexity index is 447. The predicted molar refractivity (Wildman–Crippen MR) is 73.3 cm³/mol. The van der Waals surface area contributed by atoms with Gasteiger partial charge >= 0.3 is 0 Å². The number of hydrogen-bond acceptors (Lipinski definition) is 3. The molecule has 0 bridgehead atoms. The molecule has 1 rings (SSSR count). The van der Waals surface area contributed by atoms with Crippen LogP contribution in [-0.2, 0) is 4.79 Å². The Morgan fingerprint density at radius 2 is 2.05 bits per heavy atom. The highest BCUT2D eigenvalue weighted by atomic mass is 19.1. The van der Waals surface area contributed by atoms with E-state index in [4.69, 9.17) is 5.73 Å². The Morgan fingerprint density at radius 3 is 2.53 bits per heavy atom. The number of amides is 1. The average molecular weight is 268 g/mol. The molecule has 0 aliphatic rings. The fraction of sp³-hybridized carbons (Fsp3) is 0.500. The van der Waals surface area contributed by atoms with Gasteiger partial charge in [0, 0.05) is 12.1 Å². The zero-order chi connectivity index (χ0) is 14.6. The molecule has 5 heteroatoms. The van der Waals surface area contributed by atoms with Crippen molar-refractivity contribution in [2.24, 2.45) is 11.7 Å². The summed E-state index contributed by atoms with van der Waals surface area (Å²) in [4.78, 5) is 12.7. The van der Waals surface area contributed by atoms with Gasteiger partial charge in [0.1, 0.15) is 5.82 Å². The number of primary amides is 1. The van der Waals surface area contributed by atoms with E-state index in [1.54, 1.807) is 24.0 Å². The van der Waals surface area contributed by atoms with E-state index in [0.29, 0.717) is 12.1 Å². The normalized spacial score (nSPS) is 12.5. The van der Waals surface area contributed by atoms with E-state index in [1.807, 2.05) is 13.8 Å². The molecule has 0 heterocycles. The number of carbonyl (C=O) groups excluding carboxylic acids is 1. The first-order valence-electron chi connectivity index (χ1n) is 6.32. The molecular formula is C14H21FN2O2. The highest BCUT2D eigenvalue weighted by Crippen LogP contribution is 2.29. The number of para-hydroxylation sites is 1. The van der Waals surface area contributed by atoms with E-state index >= 15 is 0 Å². The fourth-order valence-electron chi connectivity index (χ4n) is 2.07. The van der Waals surface area contributed by atoms with Crippen LogP contribution in [0.1, 0.15) is 32.4 Å². The van der Waals surface area contributed by atoms with Crippen molar-refractivity contribution in [1.29, 1.82) is 0 Å². The van der Waals surface area contributed by atoms with Crippen LogP contribution in [0.4, 0.5) is 10.1 Å². The van der Waals surface area contributed by atoms with Gasteiger partial charge in [0.05, 0.1) is 18.3 Å². The zero-order valence-electron chi connectivity index (χ0n) is 11.6. The van der Waals surface area contributed by atoms with E-state index in [2.05, 4.69) is 0 Å². The van der Waals surface area contributed by atoms with Crippen LogP contribution in [0.25, 0.3) is 0 Å².